The van der Waals surface area contributed by atoms with Crippen LogP contribution in [-0.4, -0.2) is 5.78 Å². The van der Waals surface area contributed by atoms with E-state index in [0.29, 0.717) is 0 Å². The maximum Gasteiger partial charge on any atom is 0.165 e. The van der Waals surface area contributed by atoms with Crippen molar-refractivity contribution in [1.29, 1.82) is 0 Å². The third-order valence-corrected chi connectivity index (χ3v) is 3.16. The van der Waals surface area contributed by atoms with Crippen LogP contribution in [-0.2, 0) is 12.8 Å². The number of benzene rings is 1. The van der Waals surface area contributed by atoms with Gasteiger partial charge in [-0.25, -0.2) is 0 Å². The normalized spacial score (nSPS) is 15.1. The lowest BCUT2D eigenvalue weighted by Crippen LogP contribution is -2.10. The zero-order valence-corrected chi connectivity index (χ0v) is 9.55. The smallest absolute Gasteiger partial charge is 0.165 e. The maximum absolute atomic E-state index is 11.8. The van der Waals surface area contributed by atoms with Gasteiger partial charge in [0.15, 0.2) is 5.78 Å². The first-order chi connectivity index (χ1) is 7.18. The summed E-state index contributed by atoms with van der Waals surface area (Å²) in [6.45, 7) is 3.92. The summed E-state index contributed by atoms with van der Waals surface area (Å²) in [5.41, 5.74) is 3.74. The zero-order valence-electron chi connectivity index (χ0n) is 9.55. The van der Waals surface area contributed by atoms with Gasteiger partial charge in [-0.05, 0) is 42.9 Å². The highest BCUT2D eigenvalue weighted by molar-refractivity contribution is 5.97. The number of rotatable bonds is 2. The topological polar surface area (TPSA) is 17.1 Å². The second kappa shape index (κ2) is 4.18. The van der Waals surface area contributed by atoms with Crippen LogP contribution in [0, 0.1) is 5.92 Å². The maximum atomic E-state index is 11.8. The van der Waals surface area contributed by atoms with Crippen molar-refractivity contribution in [3.05, 3.63) is 34.9 Å². The van der Waals surface area contributed by atoms with Crippen LogP contribution in [0.1, 0.15) is 48.2 Å². The van der Waals surface area contributed by atoms with Gasteiger partial charge < -0.3 is 0 Å². The number of carbonyl (C=O) groups excluding carboxylic acids is 1. The molecule has 0 amide bonds. The summed E-state index contributed by atoms with van der Waals surface area (Å²) in [5.74, 6) is 0.370. The summed E-state index contributed by atoms with van der Waals surface area (Å²) in [4.78, 5) is 11.8. The molecule has 1 aliphatic rings. The molecular formula is C14H18O. The third kappa shape index (κ3) is 2.11. The van der Waals surface area contributed by atoms with E-state index in [2.05, 4.69) is 12.1 Å². The van der Waals surface area contributed by atoms with Crippen molar-refractivity contribution < 1.29 is 4.79 Å². The van der Waals surface area contributed by atoms with Gasteiger partial charge in [0.2, 0.25) is 0 Å². The monoisotopic (exact) mass is 202 g/mol. The molecule has 80 valence electrons. The van der Waals surface area contributed by atoms with Gasteiger partial charge in [-0.2, -0.15) is 0 Å². The van der Waals surface area contributed by atoms with Gasteiger partial charge in [-0.15, -0.1) is 0 Å². The van der Waals surface area contributed by atoms with Crippen LogP contribution in [0.3, 0.4) is 0 Å². The molecule has 0 fully saturated rings. The van der Waals surface area contributed by atoms with Crippen molar-refractivity contribution in [2.75, 3.05) is 0 Å². The lowest BCUT2D eigenvalue weighted by molar-refractivity contribution is 0.0939. The molecular weight excluding hydrogens is 184 g/mol. The molecule has 0 aliphatic heterocycles. The molecule has 1 heteroatoms. The van der Waals surface area contributed by atoms with E-state index >= 15 is 0 Å². The highest BCUT2D eigenvalue weighted by Gasteiger charge is 2.14. The Morgan fingerprint density at radius 1 is 1.13 bits per heavy atom. The molecule has 1 nitrogen and oxygen atoms in total. The standard InChI is InChI=1S/C14H18O/c1-10(2)14(15)13-8-7-11-5-3-4-6-12(11)9-13/h7-10H,3-6H2,1-2H3. The van der Waals surface area contributed by atoms with E-state index in [-0.39, 0.29) is 11.7 Å². The lowest BCUT2D eigenvalue weighted by Gasteiger charge is -2.16. The van der Waals surface area contributed by atoms with Crippen LogP contribution in [0.4, 0.5) is 0 Å². The Balaban J connectivity index is 2.32. The number of hydrogen-bond acceptors (Lipinski definition) is 1. The van der Waals surface area contributed by atoms with Crippen LogP contribution in [0.25, 0.3) is 0 Å². The first-order valence-electron chi connectivity index (χ1n) is 5.84. The molecule has 0 N–H and O–H groups in total. The zero-order chi connectivity index (χ0) is 10.8. The van der Waals surface area contributed by atoms with Crippen LogP contribution in [0.15, 0.2) is 18.2 Å². The van der Waals surface area contributed by atoms with Gasteiger partial charge in [-0.1, -0.05) is 26.0 Å². The Morgan fingerprint density at radius 2 is 1.80 bits per heavy atom. The summed E-state index contributed by atoms with van der Waals surface area (Å²) >= 11 is 0. The summed E-state index contributed by atoms with van der Waals surface area (Å²) in [6, 6.07) is 6.24. The quantitative estimate of drug-likeness (QED) is 0.672. The van der Waals surface area contributed by atoms with Crippen LogP contribution >= 0.6 is 0 Å². The van der Waals surface area contributed by atoms with Crippen LogP contribution in [0.5, 0.6) is 0 Å². The molecule has 0 atom stereocenters. The van der Waals surface area contributed by atoms with Crippen molar-refractivity contribution in [1.82, 2.24) is 0 Å². The van der Waals surface area contributed by atoms with Crippen molar-refractivity contribution >= 4 is 5.78 Å². The van der Waals surface area contributed by atoms with Gasteiger partial charge in [-0.3, -0.25) is 4.79 Å². The van der Waals surface area contributed by atoms with Crippen molar-refractivity contribution in [2.45, 2.75) is 39.5 Å². The fraction of sp³-hybridized carbons (Fsp3) is 0.500. The van der Waals surface area contributed by atoms with Gasteiger partial charge >= 0.3 is 0 Å². The third-order valence-electron chi connectivity index (χ3n) is 3.16. The molecule has 1 aromatic carbocycles. The average molecular weight is 202 g/mol. The minimum Gasteiger partial charge on any atom is -0.294 e. The molecule has 15 heavy (non-hydrogen) atoms. The molecule has 1 aromatic rings. The summed E-state index contributed by atoms with van der Waals surface area (Å²) in [7, 11) is 0. The Labute approximate surface area is 91.5 Å². The Kier molecular flexibility index (Phi) is 2.90. The van der Waals surface area contributed by atoms with Gasteiger partial charge in [0.1, 0.15) is 0 Å². The Bertz CT molecular complexity index is 377. The van der Waals surface area contributed by atoms with E-state index < -0.39 is 0 Å². The number of fused-ring (bicyclic) bond motifs is 1. The summed E-state index contributed by atoms with van der Waals surface area (Å²) < 4.78 is 0. The number of carbonyl (C=O) groups is 1. The van der Waals surface area contributed by atoms with E-state index in [4.69, 9.17) is 0 Å². The van der Waals surface area contributed by atoms with Gasteiger partial charge in [0, 0.05) is 11.5 Å². The van der Waals surface area contributed by atoms with E-state index in [1.54, 1.807) is 0 Å². The summed E-state index contributed by atoms with van der Waals surface area (Å²) in [6.07, 6.45) is 4.90. The molecule has 1 aliphatic carbocycles. The highest BCUT2D eigenvalue weighted by Crippen LogP contribution is 2.23. The minimum absolute atomic E-state index is 0.103. The molecule has 0 radical (unpaired) electrons. The van der Waals surface area contributed by atoms with Crippen LogP contribution in [0.2, 0.25) is 0 Å². The fourth-order valence-corrected chi connectivity index (χ4v) is 2.22. The Hall–Kier alpha value is -1.11. The largest absolute Gasteiger partial charge is 0.294 e. The molecule has 0 spiro atoms. The highest BCUT2D eigenvalue weighted by atomic mass is 16.1. The molecule has 0 saturated heterocycles. The number of hydrogen-bond donors (Lipinski definition) is 0. The molecule has 0 bridgehead atoms. The van der Waals surface area contributed by atoms with Crippen molar-refractivity contribution in [3.63, 3.8) is 0 Å². The first-order valence-corrected chi connectivity index (χ1v) is 5.84. The number of aryl methyl sites for hydroxylation is 2. The predicted molar refractivity (Wildman–Crippen MR) is 62.3 cm³/mol. The SMILES string of the molecule is CC(C)C(=O)c1ccc2c(c1)CCCC2. The summed E-state index contributed by atoms with van der Waals surface area (Å²) in [5, 5.41) is 0. The van der Waals surface area contributed by atoms with E-state index in [0.717, 1.165) is 12.0 Å². The fourth-order valence-electron chi connectivity index (χ4n) is 2.22. The molecule has 0 saturated carbocycles. The first kappa shape index (κ1) is 10.4. The molecule has 2 rings (SSSR count). The van der Waals surface area contributed by atoms with Gasteiger partial charge in [0.25, 0.3) is 0 Å². The van der Waals surface area contributed by atoms with Crippen molar-refractivity contribution in [2.24, 2.45) is 5.92 Å². The van der Waals surface area contributed by atoms with E-state index in [9.17, 15) is 4.79 Å². The molecule has 0 unspecified atom stereocenters. The second-order valence-electron chi connectivity index (χ2n) is 4.71. The van der Waals surface area contributed by atoms with Crippen LogP contribution < -0.4 is 0 Å². The van der Waals surface area contributed by atoms with E-state index in [1.807, 2.05) is 19.9 Å². The predicted octanol–water partition coefficient (Wildman–Crippen LogP) is 3.40. The average Bonchev–Trinajstić information content (AvgIpc) is 2.27. The second-order valence-corrected chi connectivity index (χ2v) is 4.71. The minimum atomic E-state index is 0.103. The number of Topliss-reactive ketones (excluding diaryl/α,β-unsaturated/α-hetero) is 1. The van der Waals surface area contributed by atoms with Crippen molar-refractivity contribution in [3.8, 4) is 0 Å². The lowest BCUT2D eigenvalue weighted by atomic mass is 9.88. The van der Waals surface area contributed by atoms with Gasteiger partial charge in [0.05, 0.1) is 0 Å². The van der Waals surface area contributed by atoms with E-state index in [1.165, 1.54) is 30.4 Å². The Morgan fingerprint density at radius 3 is 2.47 bits per heavy atom. The number of ketones is 1. The molecule has 0 heterocycles. The molecule has 0 aromatic heterocycles.